The van der Waals surface area contributed by atoms with Gasteiger partial charge in [0.15, 0.2) is 6.29 Å². The third-order valence-corrected chi connectivity index (χ3v) is 14.3. The summed E-state index contributed by atoms with van der Waals surface area (Å²) in [7, 11) is 0. The normalized spacial score (nSPS) is 17.8. The summed E-state index contributed by atoms with van der Waals surface area (Å²) >= 11 is 0. The van der Waals surface area contributed by atoms with Gasteiger partial charge in [-0.05, 0) is 135 Å². The number of fused-ring (bicyclic) bond motifs is 2. The van der Waals surface area contributed by atoms with Crippen molar-refractivity contribution in [1.29, 1.82) is 10.5 Å². The number of allylic oxidation sites excluding steroid dienone is 1. The van der Waals surface area contributed by atoms with Gasteiger partial charge in [0, 0.05) is 31.2 Å². The summed E-state index contributed by atoms with van der Waals surface area (Å²) in [5, 5.41) is 51.2. The Labute approximate surface area is 517 Å². The third-order valence-electron chi connectivity index (χ3n) is 14.3. The van der Waals surface area contributed by atoms with Crippen molar-refractivity contribution in [2.24, 2.45) is 5.73 Å². The Morgan fingerprint density at radius 3 is 2.01 bits per heavy atom. The molecule has 6 heterocycles. The van der Waals surface area contributed by atoms with Crippen molar-refractivity contribution in [2.75, 3.05) is 18.5 Å². The number of hydrogen-bond acceptors (Lipinski definition) is 15. The number of pyridine rings is 1. The molecule has 89 heavy (non-hydrogen) atoms. The summed E-state index contributed by atoms with van der Waals surface area (Å²) in [5.41, 5.74) is 5.14. The van der Waals surface area contributed by atoms with Crippen LogP contribution in [0.1, 0.15) is 114 Å². The van der Waals surface area contributed by atoms with Gasteiger partial charge >= 0.3 is 36.0 Å². The Bertz CT molecular complexity index is 3670. The number of phenols is 1. The maximum absolute atomic E-state index is 13.6. The van der Waals surface area contributed by atoms with Gasteiger partial charge in [0.25, 0.3) is 5.91 Å². The molecular weight excluding hydrogens is 1230 g/mol. The molecule has 0 bridgehead atoms. The predicted octanol–water partition coefficient (Wildman–Crippen LogP) is 8.36. The molecule has 3 aromatic heterocycles. The third kappa shape index (κ3) is 18.1. The van der Waals surface area contributed by atoms with Gasteiger partial charge in [-0.1, -0.05) is 48.5 Å². The molecule has 1 saturated heterocycles. The molecule has 0 saturated carbocycles. The van der Waals surface area contributed by atoms with Crippen LogP contribution in [0.2, 0.25) is 0 Å². The molecule has 20 nitrogen and oxygen atoms in total. The molecule has 7 aromatic rings. The summed E-state index contributed by atoms with van der Waals surface area (Å²) < 4.78 is 107. The molecule has 2 amide bonds. The number of alkyl halides is 6. The molecule has 4 aromatic carbocycles. The van der Waals surface area contributed by atoms with Crippen LogP contribution in [0.4, 0.5) is 36.4 Å². The van der Waals surface area contributed by atoms with Crippen LogP contribution in [0, 0.1) is 35.4 Å². The summed E-state index contributed by atoms with van der Waals surface area (Å²) in [6.07, 6.45) is -2.14. The minimum atomic E-state index is -5.01. The summed E-state index contributed by atoms with van der Waals surface area (Å²) in [6, 6.07) is 24.8. The quantitative estimate of drug-likeness (QED) is 0.0290. The van der Waals surface area contributed by atoms with Gasteiger partial charge in [0.1, 0.15) is 36.3 Å². The van der Waals surface area contributed by atoms with Crippen molar-refractivity contribution in [3.8, 4) is 17.9 Å². The number of aliphatic hydroxyl groups excluding tert-OH is 1. The first kappa shape index (κ1) is 69.1. The van der Waals surface area contributed by atoms with E-state index in [1.807, 2.05) is 64.1 Å². The SMILES string of the molecule is CC(C)(C#N)c1cc(Cn2cncn2)cc(C(C)(C)C#N)c1.C[C@@H](O[C@@H]1OCCN(Cc2nc(=O)[nH][nH]2)[C@@H]1c1ccc(F)cc1)c1cc(C(F)(F)F)cc(C(F)(F)F)c1.Cc1ccc2c(c1O)N[C@@H](O)[C@@H]1CC(/C=C/C(N)=O)=CN1C2=O.[AsH3].c1ccncc1. The second-order valence-electron chi connectivity index (χ2n) is 21.6. The zero-order chi connectivity index (χ0) is 64.3. The number of phenolic OH excluding ortho intramolecular Hbond substituents is 1. The van der Waals surface area contributed by atoms with Gasteiger partial charge in [0.05, 0.1) is 83.2 Å². The van der Waals surface area contributed by atoms with Gasteiger partial charge in [0.2, 0.25) is 5.91 Å². The topological polar surface area (TPSA) is 290 Å². The van der Waals surface area contributed by atoms with Crippen LogP contribution in [-0.4, -0.2) is 116 Å². The number of carbonyl (C=O) groups is 2. The first-order valence-electron chi connectivity index (χ1n) is 27.1. The number of aryl methyl sites for hydroxylation is 1. The van der Waals surface area contributed by atoms with Crippen LogP contribution in [-0.2, 0) is 50.5 Å². The van der Waals surface area contributed by atoms with Crippen LogP contribution in [0.3, 0.4) is 0 Å². The van der Waals surface area contributed by atoms with Crippen molar-refractivity contribution in [3.63, 3.8) is 0 Å². The van der Waals surface area contributed by atoms with Crippen molar-refractivity contribution < 1.29 is 60.0 Å². The first-order valence-corrected chi connectivity index (χ1v) is 27.1. The van der Waals surface area contributed by atoms with Crippen LogP contribution in [0.15, 0.2) is 145 Å². The van der Waals surface area contributed by atoms with Crippen molar-refractivity contribution in [3.05, 3.63) is 212 Å². The molecule has 3 aliphatic heterocycles. The number of aromatic amines is 2. The summed E-state index contributed by atoms with van der Waals surface area (Å²) in [5.74, 6) is -1.19. The second-order valence-corrected chi connectivity index (χ2v) is 21.6. The number of halogens is 7. The number of rotatable bonds is 12. The molecule has 470 valence electrons. The van der Waals surface area contributed by atoms with E-state index in [0.29, 0.717) is 48.3 Å². The number of nitrogens with zero attached hydrogens (tertiary/aromatic N) is 9. The molecule has 1 unspecified atom stereocenters. The molecule has 28 heteroatoms. The molecular formula is C61H65AsF7N13O7. The minimum Gasteiger partial charge on any atom is -0.265 e. The average Bonchev–Trinajstić information content (AvgIpc) is 2.40. The standard InChI is InChI=1S/C23H21F7N4O3.C17H19N5.C16H17N3O4.C5H5N.AsH3/c1-12(14-8-15(22(25,26)27)10-16(9-14)23(28,29)30)37-20-19(13-2-4-17(24)5-3-13)34(6-7-36-20)11-18-31-21(35)33-32-18;1-16(2,9-18)14-5-13(8-22-12-20-11-21-22)6-15(7-14)17(3,4)10-19;1-8-2-4-10-13(14(8)21)18-15(22)11-6-9(3-5-12(17)20)7-19(11)16(10)23;1-2-4-6-5-3-1;/h2-5,8-10,12,19-20H,6-7,11H2,1H3,(H2,31,32,33,35);5-7,11-12H,8H2,1-4H3;2-5,7,11,15,18,21-22H,6H2,1H3,(H2,17,20);1-5H;1H3/b;;5-3+;;/t12-,19-,20+;;11-,15-;;/m1.0../s1. The number of aromatic hydroxyl groups is 1. The van der Waals surface area contributed by atoms with E-state index in [1.165, 1.54) is 54.6 Å². The van der Waals surface area contributed by atoms with Gasteiger partial charge in [-0.15, -0.1) is 0 Å². The fourth-order valence-electron chi connectivity index (χ4n) is 9.36. The predicted molar refractivity (Wildman–Crippen MR) is 315 cm³/mol. The van der Waals surface area contributed by atoms with E-state index in [0.717, 1.165) is 16.7 Å². The number of anilines is 1. The Balaban J connectivity index is 0.000000210. The Kier molecular flexibility index (Phi) is 22.8. The number of carbonyl (C=O) groups excluding carboxylic acids is 2. The minimum absolute atomic E-state index is 0. The number of nitriles is 2. The number of morpholine rings is 1. The van der Waals surface area contributed by atoms with Crippen molar-refractivity contribution in [1.82, 2.24) is 44.7 Å². The average molecular weight is 1300 g/mol. The number of aromatic nitrogens is 7. The Hall–Kier alpha value is -8.98. The summed E-state index contributed by atoms with van der Waals surface area (Å²) in [6.45, 7) is 11.6. The van der Waals surface area contributed by atoms with Gasteiger partial charge in [-0.25, -0.2) is 23.9 Å². The number of nitrogens with two attached hydrogens (primary N) is 1. The number of benzene rings is 4. The van der Waals surface area contributed by atoms with Gasteiger partial charge in [-0.3, -0.25) is 24.6 Å². The number of nitrogens with one attached hydrogen (secondary N) is 3. The fraction of sp³-hybridized carbons (Fsp3) is 0.328. The second kappa shape index (κ2) is 29.3. The maximum Gasteiger partial charge on any atom is 0.0267 e. The molecule has 6 atom stereocenters. The molecule has 3 aliphatic rings. The molecule has 0 aliphatic carbocycles. The van der Waals surface area contributed by atoms with Crippen LogP contribution in [0.25, 0.3) is 0 Å². The molecule has 1 fully saturated rings. The van der Waals surface area contributed by atoms with Crippen LogP contribution < -0.4 is 16.7 Å². The maximum atomic E-state index is 13.6. The number of amides is 2. The number of H-pyrrole nitrogens is 2. The zero-order valence-corrected chi connectivity index (χ0v) is 52.0. The van der Waals surface area contributed by atoms with E-state index in [9.17, 15) is 65.9 Å². The van der Waals surface area contributed by atoms with E-state index >= 15 is 0 Å². The zero-order valence-electron chi connectivity index (χ0n) is 49.0. The molecule has 0 radical (unpaired) electrons. The fourth-order valence-corrected chi connectivity index (χ4v) is 9.36. The number of primary amides is 1. The molecule has 7 N–H and O–H groups in total. The van der Waals surface area contributed by atoms with Crippen LogP contribution in [0.5, 0.6) is 5.75 Å². The smallest absolute Gasteiger partial charge is 0.0267 e. The monoisotopic (exact) mass is 1300 g/mol. The van der Waals surface area contributed by atoms with Crippen molar-refractivity contribution in [2.45, 2.75) is 115 Å². The number of ether oxygens (including phenoxy) is 2. The van der Waals surface area contributed by atoms with Gasteiger partial charge in [-0.2, -0.15) is 46.9 Å². The Morgan fingerprint density at radius 2 is 1.49 bits per heavy atom. The first-order chi connectivity index (χ1) is 41.5. The number of hydrogen-bond donors (Lipinski definition) is 6. The largest absolute Gasteiger partial charge is 0.265 e. The molecule has 10 rings (SSSR count). The molecule has 0 spiro atoms. The Morgan fingerprint density at radius 1 is 0.876 bits per heavy atom. The van der Waals surface area contributed by atoms with Crippen molar-refractivity contribution >= 4 is 35.5 Å². The van der Waals surface area contributed by atoms with Crippen LogP contribution >= 0.6 is 0 Å². The summed E-state index contributed by atoms with van der Waals surface area (Å²) in [4.78, 5) is 49.7. The van der Waals surface area contributed by atoms with E-state index in [2.05, 4.69) is 47.7 Å². The van der Waals surface area contributed by atoms with E-state index in [1.54, 1.807) is 53.6 Å². The van der Waals surface area contributed by atoms with E-state index in [-0.39, 0.29) is 71.5 Å². The van der Waals surface area contributed by atoms with Gasteiger partial charge < -0.3 is 35.6 Å². The van der Waals surface area contributed by atoms with E-state index < -0.39 is 82.4 Å². The van der Waals surface area contributed by atoms with E-state index in [4.69, 9.17) is 15.2 Å². The number of aliphatic hydroxyl groups is 1.